The van der Waals surface area contributed by atoms with Crippen LogP contribution < -0.4 is 0 Å². The van der Waals surface area contributed by atoms with Crippen LogP contribution in [0.1, 0.15) is 110 Å². The van der Waals surface area contributed by atoms with Crippen molar-refractivity contribution in [1.82, 2.24) is 15.0 Å². The van der Waals surface area contributed by atoms with Gasteiger partial charge < -0.3 is 0 Å². The van der Waals surface area contributed by atoms with Crippen molar-refractivity contribution in [2.24, 2.45) is 0 Å². The molecule has 150 valence electrons. The second-order valence-corrected chi connectivity index (χ2v) is 8.54. The quantitative estimate of drug-likeness (QED) is 0.199. The predicted molar refractivity (Wildman–Crippen MR) is 115 cm³/mol. The summed E-state index contributed by atoms with van der Waals surface area (Å²) in [5.74, 6) is 1.93. The summed E-state index contributed by atoms with van der Waals surface area (Å²) in [6, 6.07) is 0. The molecule has 0 amide bonds. The number of hydrogen-bond acceptors (Lipinski definition) is 4. The van der Waals surface area contributed by atoms with E-state index in [1.165, 1.54) is 83.5 Å². The monoisotopic (exact) mass is 399 g/mol. The van der Waals surface area contributed by atoms with E-state index in [2.05, 4.69) is 28.8 Å². The molecule has 0 aliphatic carbocycles. The van der Waals surface area contributed by atoms with E-state index in [0.717, 1.165) is 29.6 Å². The van der Waals surface area contributed by atoms with Gasteiger partial charge in [-0.15, -0.1) is 0 Å². The zero-order valence-corrected chi connectivity index (χ0v) is 18.5. The highest BCUT2D eigenvalue weighted by atomic mass is 35.5. The summed E-state index contributed by atoms with van der Waals surface area (Å²) in [5, 5.41) is 1.14. The Kier molecular flexibility index (Phi) is 15.3. The molecule has 0 bridgehead atoms. The molecule has 0 radical (unpaired) electrons. The van der Waals surface area contributed by atoms with Crippen molar-refractivity contribution in [2.45, 2.75) is 115 Å². The van der Waals surface area contributed by atoms with Crippen molar-refractivity contribution >= 4 is 23.4 Å². The fourth-order valence-electron chi connectivity index (χ4n) is 3.01. The van der Waals surface area contributed by atoms with E-state index in [9.17, 15) is 0 Å². The lowest BCUT2D eigenvalue weighted by Crippen LogP contribution is -2.00. The largest absolute Gasteiger partial charge is 0.226 e. The molecule has 0 atom stereocenters. The maximum atomic E-state index is 6.07. The van der Waals surface area contributed by atoms with E-state index in [-0.39, 0.29) is 0 Å². The number of aromatic nitrogens is 3. The van der Waals surface area contributed by atoms with Crippen molar-refractivity contribution in [3.8, 4) is 0 Å². The first kappa shape index (κ1) is 23.7. The second kappa shape index (κ2) is 16.8. The average Bonchev–Trinajstić information content (AvgIpc) is 2.63. The highest BCUT2D eigenvalue weighted by molar-refractivity contribution is 7.99. The molecule has 0 saturated carbocycles. The minimum absolute atomic E-state index is 0.345. The van der Waals surface area contributed by atoms with E-state index in [1.807, 2.05) is 0 Å². The lowest BCUT2D eigenvalue weighted by Gasteiger charge is -2.05. The van der Waals surface area contributed by atoms with Crippen LogP contribution in [0, 0.1) is 0 Å². The van der Waals surface area contributed by atoms with Crippen molar-refractivity contribution in [1.29, 1.82) is 0 Å². The minimum Gasteiger partial charge on any atom is -0.207 e. The van der Waals surface area contributed by atoms with Crippen LogP contribution in [0.3, 0.4) is 0 Å². The molecule has 0 spiro atoms. The van der Waals surface area contributed by atoms with Crippen molar-refractivity contribution in [3.05, 3.63) is 11.1 Å². The normalized spacial score (nSPS) is 11.2. The number of halogens is 1. The van der Waals surface area contributed by atoms with Crippen molar-refractivity contribution < 1.29 is 0 Å². The van der Waals surface area contributed by atoms with Gasteiger partial charge in [-0.3, -0.25) is 0 Å². The summed E-state index contributed by atoms with van der Waals surface area (Å²) in [4.78, 5) is 13.1. The van der Waals surface area contributed by atoms with Crippen LogP contribution in [0.4, 0.5) is 0 Å². The SMILES string of the molecule is CCCCCCCCCCCCc1nc(Cl)nc(SCCCCCC)n1. The van der Waals surface area contributed by atoms with Crippen LogP contribution in [0.5, 0.6) is 0 Å². The first-order chi connectivity index (χ1) is 12.8. The zero-order valence-electron chi connectivity index (χ0n) is 16.9. The Bertz CT molecular complexity index is 457. The Labute approximate surface area is 170 Å². The molecular formula is C21H38ClN3S. The van der Waals surface area contributed by atoms with Crippen molar-refractivity contribution in [3.63, 3.8) is 0 Å². The molecule has 1 aromatic heterocycles. The molecule has 0 unspecified atom stereocenters. The molecule has 0 aromatic carbocycles. The summed E-state index contributed by atoms with van der Waals surface area (Å²) < 4.78 is 0. The summed E-state index contributed by atoms with van der Waals surface area (Å²) in [6.07, 6.45) is 19.4. The number of hydrogen-bond donors (Lipinski definition) is 0. The van der Waals surface area contributed by atoms with Gasteiger partial charge in [0.25, 0.3) is 0 Å². The van der Waals surface area contributed by atoms with Gasteiger partial charge in [-0.1, -0.05) is 103 Å². The van der Waals surface area contributed by atoms with Gasteiger partial charge in [0.05, 0.1) is 0 Å². The Hall–Kier alpha value is -0.350. The highest BCUT2D eigenvalue weighted by Crippen LogP contribution is 2.18. The maximum absolute atomic E-state index is 6.07. The van der Waals surface area contributed by atoms with Gasteiger partial charge in [-0.2, -0.15) is 4.98 Å². The number of unbranched alkanes of at least 4 members (excludes halogenated alkanes) is 12. The fourth-order valence-corrected chi connectivity index (χ4v) is 4.09. The van der Waals surface area contributed by atoms with Gasteiger partial charge in [0.1, 0.15) is 5.82 Å². The molecule has 5 heteroatoms. The number of nitrogens with zero attached hydrogens (tertiary/aromatic N) is 3. The van der Waals surface area contributed by atoms with E-state index in [4.69, 9.17) is 11.6 Å². The molecule has 1 aromatic rings. The summed E-state index contributed by atoms with van der Waals surface area (Å²) in [5.41, 5.74) is 0. The van der Waals surface area contributed by atoms with E-state index in [1.54, 1.807) is 11.8 Å². The lowest BCUT2D eigenvalue weighted by atomic mass is 10.1. The maximum Gasteiger partial charge on any atom is 0.226 e. The standard InChI is InChI=1S/C21H38ClN3S/c1-3-5-7-9-10-11-12-13-14-15-17-19-23-20(22)25-21(24-19)26-18-16-8-6-4-2/h3-18H2,1-2H3. The van der Waals surface area contributed by atoms with Crippen LogP contribution in [-0.2, 0) is 6.42 Å². The lowest BCUT2D eigenvalue weighted by molar-refractivity contribution is 0.553. The molecule has 0 aliphatic heterocycles. The molecule has 0 N–H and O–H groups in total. The molecular weight excluding hydrogens is 362 g/mol. The molecule has 0 fully saturated rings. The Morgan fingerprint density at radius 1 is 0.654 bits per heavy atom. The smallest absolute Gasteiger partial charge is 0.207 e. The number of rotatable bonds is 17. The van der Waals surface area contributed by atoms with E-state index in [0.29, 0.717) is 5.28 Å². The molecule has 26 heavy (non-hydrogen) atoms. The van der Waals surface area contributed by atoms with Gasteiger partial charge in [-0.05, 0) is 24.4 Å². The Morgan fingerprint density at radius 2 is 1.19 bits per heavy atom. The molecule has 3 nitrogen and oxygen atoms in total. The first-order valence-corrected chi connectivity index (χ1v) is 12.2. The summed E-state index contributed by atoms with van der Waals surface area (Å²) in [6.45, 7) is 4.51. The third-order valence-corrected chi connectivity index (χ3v) is 5.72. The topological polar surface area (TPSA) is 38.7 Å². The predicted octanol–water partition coefficient (Wildman–Crippen LogP) is 7.66. The van der Waals surface area contributed by atoms with E-state index >= 15 is 0 Å². The van der Waals surface area contributed by atoms with Crippen LogP contribution >= 0.6 is 23.4 Å². The van der Waals surface area contributed by atoms with Crippen LogP contribution in [0.15, 0.2) is 5.16 Å². The van der Waals surface area contributed by atoms with E-state index < -0.39 is 0 Å². The summed E-state index contributed by atoms with van der Waals surface area (Å²) >= 11 is 7.78. The van der Waals surface area contributed by atoms with Crippen LogP contribution in [-0.4, -0.2) is 20.7 Å². The second-order valence-electron chi connectivity index (χ2n) is 7.14. The zero-order chi connectivity index (χ0) is 18.9. The number of aryl methyl sites for hydroxylation is 1. The first-order valence-electron chi connectivity index (χ1n) is 10.8. The van der Waals surface area contributed by atoms with Gasteiger partial charge in [0, 0.05) is 12.2 Å². The molecule has 1 rings (SSSR count). The molecule has 1 heterocycles. The average molecular weight is 400 g/mol. The molecule has 0 saturated heterocycles. The minimum atomic E-state index is 0.345. The Morgan fingerprint density at radius 3 is 1.81 bits per heavy atom. The third kappa shape index (κ3) is 12.9. The number of thioether (sulfide) groups is 1. The summed E-state index contributed by atoms with van der Waals surface area (Å²) in [7, 11) is 0. The third-order valence-electron chi connectivity index (χ3n) is 4.62. The molecule has 0 aliphatic rings. The Balaban J connectivity index is 2.12. The van der Waals surface area contributed by atoms with Gasteiger partial charge in [0.15, 0.2) is 5.16 Å². The van der Waals surface area contributed by atoms with Crippen LogP contribution in [0.2, 0.25) is 5.28 Å². The van der Waals surface area contributed by atoms with Gasteiger partial charge in [-0.25, -0.2) is 9.97 Å². The van der Waals surface area contributed by atoms with Crippen molar-refractivity contribution in [2.75, 3.05) is 5.75 Å². The fraction of sp³-hybridized carbons (Fsp3) is 0.857. The van der Waals surface area contributed by atoms with Crippen LogP contribution in [0.25, 0.3) is 0 Å². The highest BCUT2D eigenvalue weighted by Gasteiger charge is 2.06. The van der Waals surface area contributed by atoms with Gasteiger partial charge >= 0.3 is 0 Å². The van der Waals surface area contributed by atoms with Gasteiger partial charge in [0.2, 0.25) is 5.28 Å².